The van der Waals surface area contributed by atoms with Crippen LogP contribution in [0.2, 0.25) is 0 Å². The third kappa shape index (κ3) is 2.54. The summed E-state index contributed by atoms with van der Waals surface area (Å²) >= 11 is 0. The summed E-state index contributed by atoms with van der Waals surface area (Å²) in [5, 5.41) is 6.70. The van der Waals surface area contributed by atoms with E-state index in [1.54, 1.807) is 6.92 Å². The SMILES string of the molecule is CC1CNC(C2CC(F)C(C)C(F)C2)NC1. The van der Waals surface area contributed by atoms with Gasteiger partial charge in [-0.05, 0) is 24.7 Å². The van der Waals surface area contributed by atoms with Gasteiger partial charge in [0.05, 0.1) is 6.17 Å². The Hall–Kier alpha value is -0.220. The highest BCUT2D eigenvalue weighted by atomic mass is 19.1. The molecule has 94 valence electrons. The van der Waals surface area contributed by atoms with Gasteiger partial charge in [0.2, 0.25) is 0 Å². The standard InChI is InChI=1S/C12H22F2N2/c1-7-5-15-12(16-6-7)9-3-10(13)8(2)11(14)4-9/h7-12,15-16H,3-6H2,1-2H3. The minimum absolute atomic E-state index is 0.0914. The third-order valence-corrected chi connectivity index (χ3v) is 4.04. The summed E-state index contributed by atoms with van der Waals surface area (Å²) in [7, 11) is 0. The van der Waals surface area contributed by atoms with Crippen molar-refractivity contribution in [1.82, 2.24) is 10.6 Å². The molecule has 0 aromatic rings. The van der Waals surface area contributed by atoms with Gasteiger partial charge in [-0.15, -0.1) is 0 Å². The van der Waals surface area contributed by atoms with E-state index in [4.69, 9.17) is 0 Å². The smallest absolute Gasteiger partial charge is 0.106 e. The average Bonchev–Trinajstić information content (AvgIpc) is 2.26. The van der Waals surface area contributed by atoms with Crippen molar-refractivity contribution in [2.75, 3.05) is 13.1 Å². The zero-order valence-electron chi connectivity index (χ0n) is 10.0. The largest absolute Gasteiger partial charge is 0.301 e. The van der Waals surface area contributed by atoms with Crippen LogP contribution in [0.15, 0.2) is 0 Å². The molecule has 1 heterocycles. The van der Waals surface area contributed by atoms with Crippen molar-refractivity contribution in [2.45, 2.75) is 45.2 Å². The molecule has 0 aromatic heterocycles. The van der Waals surface area contributed by atoms with E-state index in [0.717, 1.165) is 13.1 Å². The minimum atomic E-state index is -0.989. The molecule has 2 N–H and O–H groups in total. The van der Waals surface area contributed by atoms with E-state index in [2.05, 4.69) is 17.6 Å². The van der Waals surface area contributed by atoms with Gasteiger partial charge < -0.3 is 10.6 Å². The molecule has 0 bridgehead atoms. The van der Waals surface area contributed by atoms with Gasteiger partial charge >= 0.3 is 0 Å². The predicted octanol–water partition coefficient (Wildman–Crippen LogP) is 1.86. The Balaban J connectivity index is 1.90. The molecular formula is C12H22F2N2. The van der Waals surface area contributed by atoms with Crippen LogP contribution in [0, 0.1) is 17.8 Å². The first-order chi connectivity index (χ1) is 7.58. The van der Waals surface area contributed by atoms with Crippen LogP contribution in [0.5, 0.6) is 0 Å². The summed E-state index contributed by atoms with van der Waals surface area (Å²) in [6.45, 7) is 5.72. The van der Waals surface area contributed by atoms with Crippen LogP contribution in [0.25, 0.3) is 0 Å². The van der Waals surface area contributed by atoms with E-state index in [9.17, 15) is 8.78 Å². The molecule has 2 rings (SSSR count). The molecule has 16 heavy (non-hydrogen) atoms. The maximum Gasteiger partial charge on any atom is 0.106 e. The lowest BCUT2D eigenvalue weighted by Gasteiger charge is -2.40. The van der Waals surface area contributed by atoms with Crippen molar-refractivity contribution in [3.63, 3.8) is 0 Å². The van der Waals surface area contributed by atoms with Crippen molar-refractivity contribution in [3.8, 4) is 0 Å². The second-order valence-electron chi connectivity index (χ2n) is 5.52. The normalized spacial score (nSPS) is 50.2. The highest BCUT2D eigenvalue weighted by Crippen LogP contribution is 2.34. The molecular weight excluding hydrogens is 210 g/mol. The third-order valence-electron chi connectivity index (χ3n) is 4.04. The van der Waals surface area contributed by atoms with Crippen molar-refractivity contribution in [2.24, 2.45) is 17.8 Å². The summed E-state index contributed by atoms with van der Waals surface area (Å²) in [6, 6.07) is 0. The lowest BCUT2D eigenvalue weighted by atomic mass is 9.78. The summed E-state index contributed by atoms with van der Waals surface area (Å²) in [5.41, 5.74) is 0. The van der Waals surface area contributed by atoms with Crippen molar-refractivity contribution in [3.05, 3.63) is 0 Å². The highest BCUT2D eigenvalue weighted by Gasteiger charge is 2.39. The van der Waals surface area contributed by atoms with Crippen LogP contribution in [-0.4, -0.2) is 31.6 Å². The molecule has 1 saturated carbocycles. The van der Waals surface area contributed by atoms with Crippen LogP contribution in [-0.2, 0) is 0 Å². The first-order valence-corrected chi connectivity index (χ1v) is 6.33. The van der Waals surface area contributed by atoms with Crippen LogP contribution in [0.4, 0.5) is 8.78 Å². The van der Waals surface area contributed by atoms with E-state index < -0.39 is 18.3 Å². The molecule has 2 nitrogen and oxygen atoms in total. The van der Waals surface area contributed by atoms with Gasteiger partial charge in [0, 0.05) is 19.0 Å². The fraction of sp³-hybridized carbons (Fsp3) is 1.00. The van der Waals surface area contributed by atoms with Gasteiger partial charge in [-0.3, -0.25) is 0 Å². The average molecular weight is 232 g/mol. The monoisotopic (exact) mass is 232 g/mol. The van der Waals surface area contributed by atoms with E-state index in [1.807, 2.05) is 0 Å². The number of hydrogen-bond donors (Lipinski definition) is 2. The van der Waals surface area contributed by atoms with Gasteiger partial charge in [0.1, 0.15) is 12.3 Å². The first-order valence-electron chi connectivity index (χ1n) is 6.33. The lowest BCUT2D eigenvalue weighted by molar-refractivity contribution is 0.0317. The number of rotatable bonds is 1. The maximum atomic E-state index is 13.6. The number of hydrogen-bond acceptors (Lipinski definition) is 2. The summed E-state index contributed by atoms with van der Waals surface area (Å²) < 4.78 is 27.2. The van der Waals surface area contributed by atoms with E-state index >= 15 is 0 Å². The van der Waals surface area contributed by atoms with Crippen molar-refractivity contribution >= 4 is 0 Å². The maximum absolute atomic E-state index is 13.6. The molecule has 1 aliphatic carbocycles. The second kappa shape index (κ2) is 4.96. The zero-order valence-corrected chi connectivity index (χ0v) is 10.0. The quantitative estimate of drug-likeness (QED) is 0.721. The zero-order chi connectivity index (χ0) is 11.7. The Morgan fingerprint density at radius 3 is 1.94 bits per heavy atom. The molecule has 2 aliphatic rings. The summed E-state index contributed by atoms with van der Waals surface area (Å²) in [6.07, 6.45) is -0.907. The molecule has 0 radical (unpaired) electrons. The Morgan fingerprint density at radius 1 is 0.938 bits per heavy atom. The molecule has 2 fully saturated rings. The highest BCUT2D eigenvalue weighted by molar-refractivity contribution is 4.90. The van der Waals surface area contributed by atoms with Crippen LogP contribution < -0.4 is 10.6 Å². The molecule has 1 aliphatic heterocycles. The van der Waals surface area contributed by atoms with E-state index in [1.165, 1.54) is 0 Å². The van der Waals surface area contributed by atoms with Crippen LogP contribution in [0.1, 0.15) is 26.7 Å². The van der Waals surface area contributed by atoms with Gasteiger partial charge in [-0.25, -0.2) is 8.78 Å². The molecule has 1 saturated heterocycles. The van der Waals surface area contributed by atoms with Gasteiger partial charge in [0.25, 0.3) is 0 Å². The Kier molecular flexibility index (Phi) is 3.80. The van der Waals surface area contributed by atoms with E-state index in [0.29, 0.717) is 18.8 Å². The molecule has 2 atom stereocenters. The minimum Gasteiger partial charge on any atom is -0.301 e. The van der Waals surface area contributed by atoms with Gasteiger partial charge in [0.15, 0.2) is 0 Å². The molecule has 0 amide bonds. The van der Waals surface area contributed by atoms with Crippen LogP contribution in [0.3, 0.4) is 0 Å². The van der Waals surface area contributed by atoms with Crippen LogP contribution >= 0.6 is 0 Å². The topological polar surface area (TPSA) is 24.1 Å². The Bertz CT molecular complexity index is 217. The van der Waals surface area contributed by atoms with Gasteiger partial charge in [-0.2, -0.15) is 0 Å². The number of alkyl halides is 2. The van der Waals surface area contributed by atoms with Gasteiger partial charge in [-0.1, -0.05) is 13.8 Å². The molecule has 0 aromatic carbocycles. The predicted molar refractivity (Wildman–Crippen MR) is 60.6 cm³/mol. The second-order valence-corrected chi connectivity index (χ2v) is 5.52. The van der Waals surface area contributed by atoms with Crippen molar-refractivity contribution < 1.29 is 8.78 Å². The molecule has 2 unspecified atom stereocenters. The fourth-order valence-electron chi connectivity index (χ4n) is 2.74. The first kappa shape index (κ1) is 12.2. The fourth-order valence-corrected chi connectivity index (χ4v) is 2.74. The number of halogens is 2. The molecule has 4 heteroatoms. The summed E-state index contributed by atoms with van der Waals surface area (Å²) in [5.74, 6) is 0.258. The van der Waals surface area contributed by atoms with Crippen molar-refractivity contribution in [1.29, 1.82) is 0 Å². The lowest BCUT2D eigenvalue weighted by Crippen LogP contribution is -2.57. The Labute approximate surface area is 96.2 Å². The number of nitrogens with one attached hydrogen (secondary N) is 2. The Morgan fingerprint density at radius 2 is 1.44 bits per heavy atom. The summed E-state index contributed by atoms with van der Waals surface area (Å²) in [4.78, 5) is 0. The van der Waals surface area contributed by atoms with E-state index in [-0.39, 0.29) is 12.1 Å². The molecule has 0 spiro atoms.